The van der Waals surface area contributed by atoms with Crippen LogP contribution in [0, 0.1) is 0 Å². The largest absolute Gasteiger partial charge is 0.344 e. The molecule has 2 heterocycles. The smallest absolute Gasteiger partial charge is 0.205 e. The zero-order valence-electron chi connectivity index (χ0n) is 12.5. The second-order valence-corrected chi connectivity index (χ2v) is 5.19. The molecular formula is C14H27N5. The predicted molar refractivity (Wildman–Crippen MR) is 79.9 cm³/mol. The summed E-state index contributed by atoms with van der Waals surface area (Å²) in [6, 6.07) is 0. The maximum Gasteiger partial charge on any atom is 0.205 e. The summed E-state index contributed by atoms with van der Waals surface area (Å²) in [6.45, 7) is 12.0. The molecule has 0 aliphatic carbocycles. The monoisotopic (exact) mass is 265 g/mol. The van der Waals surface area contributed by atoms with Gasteiger partial charge in [0.2, 0.25) is 5.95 Å². The van der Waals surface area contributed by atoms with E-state index < -0.39 is 0 Å². The molecule has 1 aliphatic heterocycles. The molecule has 19 heavy (non-hydrogen) atoms. The van der Waals surface area contributed by atoms with Gasteiger partial charge in [-0.05, 0) is 13.3 Å². The number of hydrogen-bond donors (Lipinski definition) is 1. The number of imidazole rings is 1. The number of hydrogen-bond acceptors (Lipinski definition) is 4. The van der Waals surface area contributed by atoms with Crippen LogP contribution in [0.4, 0.5) is 5.95 Å². The fourth-order valence-electron chi connectivity index (χ4n) is 2.49. The van der Waals surface area contributed by atoms with E-state index >= 15 is 0 Å². The van der Waals surface area contributed by atoms with E-state index in [4.69, 9.17) is 4.98 Å². The van der Waals surface area contributed by atoms with Gasteiger partial charge in [-0.25, -0.2) is 4.98 Å². The van der Waals surface area contributed by atoms with E-state index in [-0.39, 0.29) is 0 Å². The zero-order valence-corrected chi connectivity index (χ0v) is 12.5. The molecule has 1 aromatic rings. The molecular weight excluding hydrogens is 238 g/mol. The minimum absolute atomic E-state index is 0.986. The number of nitrogens with one attached hydrogen (secondary N) is 1. The Kier molecular flexibility index (Phi) is 5.22. The Morgan fingerprint density at radius 3 is 2.68 bits per heavy atom. The minimum Gasteiger partial charge on any atom is -0.344 e. The third-order valence-electron chi connectivity index (χ3n) is 3.81. The molecule has 5 nitrogen and oxygen atoms in total. The number of rotatable bonds is 6. The topological polar surface area (TPSA) is 36.3 Å². The Labute approximate surface area is 116 Å². The quantitative estimate of drug-likeness (QED) is 0.826. The van der Waals surface area contributed by atoms with Crippen molar-refractivity contribution in [3.63, 3.8) is 0 Å². The SMILES string of the molecule is CCc1cn(CC)c(N(C)CCN2CCNCC2)n1. The molecule has 0 spiro atoms. The molecule has 0 amide bonds. The van der Waals surface area contributed by atoms with Crippen LogP contribution >= 0.6 is 0 Å². The van der Waals surface area contributed by atoms with Crippen molar-refractivity contribution in [1.29, 1.82) is 0 Å². The third kappa shape index (κ3) is 3.70. The van der Waals surface area contributed by atoms with Crippen molar-refractivity contribution in [2.45, 2.75) is 26.8 Å². The van der Waals surface area contributed by atoms with Gasteiger partial charge in [0.25, 0.3) is 0 Å². The highest BCUT2D eigenvalue weighted by molar-refractivity contribution is 5.32. The number of piperazine rings is 1. The van der Waals surface area contributed by atoms with Gasteiger partial charge >= 0.3 is 0 Å². The summed E-state index contributed by atoms with van der Waals surface area (Å²) < 4.78 is 2.25. The molecule has 0 aromatic carbocycles. The first-order valence-corrected chi connectivity index (χ1v) is 7.44. The van der Waals surface area contributed by atoms with Gasteiger partial charge in [0.1, 0.15) is 0 Å². The number of aryl methyl sites for hydroxylation is 2. The first-order chi connectivity index (χ1) is 9.24. The number of anilines is 1. The summed E-state index contributed by atoms with van der Waals surface area (Å²) in [5.74, 6) is 1.11. The fraction of sp³-hybridized carbons (Fsp3) is 0.786. The van der Waals surface area contributed by atoms with Gasteiger partial charge in [-0.2, -0.15) is 0 Å². The van der Waals surface area contributed by atoms with Crippen LogP contribution < -0.4 is 10.2 Å². The molecule has 0 bridgehead atoms. The zero-order chi connectivity index (χ0) is 13.7. The molecule has 1 saturated heterocycles. The van der Waals surface area contributed by atoms with Crippen LogP contribution in [0.2, 0.25) is 0 Å². The standard InChI is InChI=1S/C14H27N5/c1-4-13-12-19(5-2)14(16-13)17(3)10-11-18-8-6-15-7-9-18/h12,15H,4-11H2,1-3H3. The third-order valence-corrected chi connectivity index (χ3v) is 3.81. The lowest BCUT2D eigenvalue weighted by Crippen LogP contribution is -2.46. The first-order valence-electron chi connectivity index (χ1n) is 7.44. The summed E-state index contributed by atoms with van der Waals surface area (Å²) in [5.41, 5.74) is 1.19. The highest BCUT2D eigenvalue weighted by Gasteiger charge is 2.13. The number of aromatic nitrogens is 2. The molecule has 1 aliphatic rings. The normalized spacial score (nSPS) is 16.8. The predicted octanol–water partition coefficient (Wildman–Crippen LogP) is 0.807. The van der Waals surface area contributed by atoms with Gasteiger partial charge in [-0.3, -0.25) is 4.90 Å². The van der Waals surface area contributed by atoms with Gasteiger partial charge in [0, 0.05) is 59.1 Å². The molecule has 2 rings (SSSR count). The van der Waals surface area contributed by atoms with Crippen LogP contribution in [0.5, 0.6) is 0 Å². The van der Waals surface area contributed by atoms with Crippen molar-refractivity contribution in [3.05, 3.63) is 11.9 Å². The number of likely N-dealkylation sites (N-methyl/N-ethyl adjacent to an activating group) is 1. The lowest BCUT2D eigenvalue weighted by Gasteiger charge is -2.29. The molecule has 0 atom stereocenters. The van der Waals surface area contributed by atoms with Gasteiger partial charge in [0.05, 0.1) is 5.69 Å². The highest BCUT2D eigenvalue weighted by atomic mass is 15.3. The fourth-order valence-corrected chi connectivity index (χ4v) is 2.49. The summed E-state index contributed by atoms with van der Waals surface area (Å²) in [6.07, 6.45) is 3.18. The van der Waals surface area contributed by atoms with E-state index in [9.17, 15) is 0 Å². The summed E-state index contributed by atoms with van der Waals surface area (Å²) in [7, 11) is 2.15. The van der Waals surface area contributed by atoms with E-state index in [1.54, 1.807) is 0 Å². The average molecular weight is 265 g/mol. The Morgan fingerprint density at radius 2 is 2.05 bits per heavy atom. The van der Waals surface area contributed by atoms with Crippen LogP contribution in [-0.2, 0) is 13.0 Å². The van der Waals surface area contributed by atoms with Crippen molar-refractivity contribution in [2.75, 3.05) is 51.2 Å². The van der Waals surface area contributed by atoms with Crippen LogP contribution in [0.1, 0.15) is 19.5 Å². The highest BCUT2D eigenvalue weighted by Crippen LogP contribution is 2.13. The average Bonchev–Trinajstić information content (AvgIpc) is 2.89. The van der Waals surface area contributed by atoms with E-state index in [1.165, 1.54) is 5.69 Å². The lowest BCUT2D eigenvalue weighted by atomic mass is 10.3. The van der Waals surface area contributed by atoms with E-state index in [0.717, 1.165) is 58.2 Å². The van der Waals surface area contributed by atoms with Crippen molar-refractivity contribution in [2.24, 2.45) is 0 Å². The second-order valence-electron chi connectivity index (χ2n) is 5.19. The molecule has 5 heteroatoms. The van der Waals surface area contributed by atoms with E-state index in [0.29, 0.717) is 0 Å². The molecule has 1 N–H and O–H groups in total. The van der Waals surface area contributed by atoms with E-state index in [1.807, 2.05) is 0 Å². The Morgan fingerprint density at radius 1 is 1.32 bits per heavy atom. The van der Waals surface area contributed by atoms with Gasteiger partial charge < -0.3 is 14.8 Å². The van der Waals surface area contributed by atoms with E-state index in [2.05, 4.69) is 46.8 Å². The van der Waals surface area contributed by atoms with Crippen molar-refractivity contribution >= 4 is 5.95 Å². The van der Waals surface area contributed by atoms with Crippen LogP contribution in [-0.4, -0.2) is 60.8 Å². The molecule has 0 unspecified atom stereocenters. The Hall–Kier alpha value is -1.07. The van der Waals surface area contributed by atoms with Gasteiger partial charge in [0.15, 0.2) is 0 Å². The first kappa shape index (κ1) is 14.3. The Bertz CT molecular complexity index is 381. The second kappa shape index (κ2) is 6.91. The molecule has 0 saturated carbocycles. The summed E-state index contributed by atoms with van der Waals surface area (Å²) in [4.78, 5) is 9.52. The van der Waals surface area contributed by atoms with Crippen molar-refractivity contribution < 1.29 is 0 Å². The molecule has 1 fully saturated rings. The van der Waals surface area contributed by atoms with Crippen LogP contribution in [0.15, 0.2) is 6.20 Å². The minimum atomic E-state index is 0.986. The summed E-state index contributed by atoms with van der Waals surface area (Å²) >= 11 is 0. The molecule has 0 radical (unpaired) electrons. The lowest BCUT2D eigenvalue weighted by molar-refractivity contribution is 0.246. The number of nitrogens with zero attached hydrogens (tertiary/aromatic N) is 4. The summed E-state index contributed by atoms with van der Waals surface area (Å²) in [5, 5.41) is 3.39. The van der Waals surface area contributed by atoms with Crippen LogP contribution in [0.3, 0.4) is 0 Å². The van der Waals surface area contributed by atoms with Crippen molar-refractivity contribution in [1.82, 2.24) is 19.8 Å². The maximum atomic E-state index is 4.72. The van der Waals surface area contributed by atoms with Gasteiger partial charge in [-0.1, -0.05) is 6.92 Å². The molecule has 108 valence electrons. The maximum absolute atomic E-state index is 4.72. The molecule has 1 aromatic heterocycles. The van der Waals surface area contributed by atoms with Crippen LogP contribution in [0.25, 0.3) is 0 Å². The van der Waals surface area contributed by atoms with Gasteiger partial charge in [-0.15, -0.1) is 0 Å². The van der Waals surface area contributed by atoms with Crippen molar-refractivity contribution in [3.8, 4) is 0 Å². The Balaban J connectivity index is 1.91.